The van der Waals surface area contributed by atoms with Gasteiger partial charge in [-0.05, 0) is 25.3 Å². The number of rotatable bonds is 8. The Hall–Kier alpha value is -2.41. The third kappa shape index (κ3) is 4.57. The SMILES string of the molecule is CCCCOC(=O)Nc1cnc2ccc(OC)nc2c1COC1CC1. The molecule has 2 heterocycles. The third-order valence-corrected chi connectivity index (χ3v) is 3.96. The first kappa shape index (κ1) is 17.4. The molecule has 25 heavy (non-hydrogen) atoms. The lowest BCUT2D eigenvalue weighted by Crippen LogP contribution is -2.16. The Balaban J connectivity index is 1.86. The molecule has 1 aliphatic rings. The Morgan fingerprint density at radius 3 is 2.92 bits per heavy atom. The number of aromatic nitrogens is 2. The largest absolute Gasteiger partial charge is 0.481 e. The summed E-state index contributed by atoms with van der Waals surface area (Å²) in [5, 5.41) is 2.76. The number of carbonyl (C=O) groups excluding carboxylic acids is 1. The maximum Gasteiger partial charge on any atom is 0.411 e. The van der Waals surface area contributed by atoms with Crippen LogP contribution in [0.4, 0.5) is 10.5 Å². The number of anilines is 1. The fraction of sp³-hybridized carbons (Fsp3) is 0.500. The highest BCUT2D eigenvalue weighted by atomic mass is 16.5. The van der Waals surface area contributed by atoms with Gasteiger partial charge in [0.05, 0.1) is 43.8 Å². The van der Waals surface area contributed by atoms with Gasteiger partial charge in [0.1, 0.15) is 5.52 Å². The summed E-state index contributed by atoms with van der Waals surface area (Å²) in [6.45, 7) is 2.79. The number of hydrogen-bond donors (Lipinski definition) is 1. The van der Waals surface area contributed by atoms with Crippen LogP contribution in [0.3, 0.4) is 0 Å². The number of nitrogens with zero attached hydrogens (tertiary/aromatic N) is 2. The molecule has 0 aliphatic heterocycles. The predicted molar refractivity (Wildman–Crippen MR) is 93.8 cm³/mol. The van der Waals surface area contributed by atoms with Crippen molar-refractivity contribution in [3.8, 4) is 5.88 Å². The van der Waals surface area contributed by atoms with Crippen LogP contribution in [-0.2, 0) is 16.1 Å². The van der Waals surface area contributed by atoms with Crippen LogP contribution in [0, 0.1) is 0 Å². The van der Waals surface area contributed by atoms with Gasteiger partial charge in [0.2, 0.25) is 5.88 Å². The van der Waals surface area contributed by atoms with Crippen molar-refractivity contribution in [2.24, 2.45) is 0 Å². The zero-order valence-electron chi connectivity index (χ0n) is 14.6. The molecule has 1 saturated carbocycles. The zero-order chi connectivity index (χ0) is 17.6. The molecule has 0 unspecified atom stereocenters. The molecule has 7 heteroatoms. The zero-order valence-corrected chi connectivity index (χ0v) is 14.6. The van der Waals surface area contributed by atoms with E-state index < -0.39 is 6.09 Å². The number of carbonyl (C=O) groups is 1. The minimum absolute atomic E-state index is 0.290. The van der Waals surface area contributed by atoms with E-state index in [0.717, 1.165) is 36.8 Å². The topological polar surface area (TPSA) is 82.6 Å². The first-order chi connectivity index (χ1) is 12.2. The van der Waals surface area contributed by atoms with Crippen molar-refractivity contribution in [2.45, 2.75) is 45.3 Å². The molecule has 3 rings (SSSR count). The highest BCUT2D eigenvalue weighted by Gasteiger charge is 2.24. The van der Waals surface area contributed by atoms with Crippen LogP contribution < -0.4 is 10.1 Å². The van der Waals surface area contributed by atoms with Crippen LogP contribution in [0.2, 0.25) is 0 Å². The van der Waals surface area contributed by atoms with Crippen LogP contribution in [-0.4, -0.2) is 35.9 Å². The van der Waals surface area contributed by atoms with E-state index in [0.29, 0.717) is 30.3 Å². The molecular formula is C18H23N3O4. The Bertz CT molecular complexity index is 746. The molecule has 1 fully saturated rings. The second kappa shape index (κ2) is 8.11. The van der Waals surface area contributed by atoms with E-state index in [2.05, 4.69) is 15.3 Å². The minimum atomic E-state index is -0.495. The average molecular weight is 345 g/mol. The molecular weight excluding hydrogens is 322 g/mol. The Morgan fingerprint density at radius 2 is 2.20 bits per heavy atom. The molecule has 0 saturated heterocycles. The quantitative estimate of drug-likeness (QED) is 0.735. The monoisotopic (exact) mass is 345 g/mol. The van der Waals surface area contributed by atoms with E-state index in [-0.39, 0.29) is 6.10 Å². The Morgan fingerprint density at radius 1 is 1.36 bits per heavy atom. The fourth-order valence-electron chi connectivity index (χ4n) is 2.36. The average Bonchev–Trinajstić information content (AvgIpc) is 3.44. The molecule has 0 radical (unpaired) electrons. The highest BCUT2D eigenvalue weighted by molar-refractivity contribution is 5.91. The summed E-state index contributed by atoms with van der Waals surface area (Å²) < 4.78 is 16.2. The number of ether oxygens (including phenoxy) is 3. The first-order valence-electron chi connectivity index (χ1n) is 8.59. The molecule has 0 aromatic carbocycles. The van der Waals surface area contributed by atoms with Gasteiger partial charge < -0.3 is 14.2 Å². The Kier molecular flexibility index (Phi) is 5.65. The summed E-state index contributed by atoms with van der Waals surface area (Å²) in [5.74, 6) is 0.490. The normalized spacial score (nSPS) is 13.7. The number of hydrogen-bond acceptors (Lipinski definition) is 6. The van der Waals surface area contributed by atoms with Crippen molar-refractivity contribution < 1.29 is 19.0 Å². The van der Waals surface area contributed by atoms with E-state index in [4.69, 9.17) is 14.2 Å². The number of unbranched alkanes of at least 4 members (excludes halogenated alkanes) is 1. The van der Waals surface area contributed by atoms with Gasteiger partial charge in [0.15, 0.2) is 0 Å². The first-order valence-corrected chi connectivity index (χ1v) is 8.59. The molecule has 1 amide bonds. The molecule has 0 atom stereocenters. The van der Waals surface area contributed by atoms with E-state index in [1.54, 1.807) is 19.4 Å². The van der Waals surface area contributed by atoms with Gasteiger partial charge in [-0.25, -0.2) is 9.78 Å². The second-order valence-corrected chi connectivity index (χ2v) is 6.00. The lowest BCUT2D eigenvalue weighted by molar-refractivity contribution is 0.107. The predicted octanol–water partition coefficient (Wildman–Crippen LogP) is 3.67. The van der Waals surface area contributed by atoms with Crippen LogP contribution >= 0.6 is 0 Å². The van der Waals surface area contributed by atoms with Crippen LogP contribution in [0.5, 0.6) is 5.88 Å². The van der Waals surface area contributed by atoms with Gasteiger partial charge >= 0.3 is 6.09 Å². The maximum atomic E-state index is 12.0. The molecule has 1 N–H and O–H groups in total. The van der Waals surface area contributed by atoms with Gasteiger partial charge in [0, 0.05) is 11.6 Å². The maximum absolute atomic E-state index is 12.0. The molecule has 2 aromatic rings. The van der Waals surface area contributed by atoms with Gasteiger partial charge in [-0.1, -0.05) is 13.3 Å². The summed E-state index contributed by atoms with van der Waals surface area (Å²) in [6, 6.07) is 3.60. The van der Waals surface area contributed by atoms with Crippen LogP contribution in [0.25, 0.3) is 11.0 Å². The summed E-state index contributed by atoms with van der Waals surface area (Å²) in [6.07, 6.45) is 5.35. The van der Waals surface area contributed by atoms with Crippen molar-refractivity contribution in [1.29, 1.82) is 0 Å². The summed E-state index contributed by atoms with van der Waals surface area (Å²) >= 11 is 0. The third-order valence-electron chi connectivity index (χ3n) is 3.96. The van der Waals surface area contributed by atoms with Crippen LogP contribution in [0.1, 0.15) is 38.2 Å². The van der Waals surface area contributed by atoms with E-state index in [1.165, 1.54) is 0 Å². The van der Waals surface area contributed by atoms with Gasteiger partial charge in [-0.15, -0.1) is 0 Å². The van der Waals surface area contributed by atoms with Gasteiger partial charge in [-0.2, -0.15) is 0 Å². The summed E-state index contributed by atoms with van der Waals surface area (Å²) in [4.78, 5) is 20.8. The smallest absolute Gasteiger partial charge is 0.411 e. The molecule has 134 valence electrons. The number of amides is 1. The van der Waals surface area contributed by atoms with Crippen molar-refractivity contribution in [1.82, 2.24) is 9.97 Å². The lowest BCUT2D eigenvalue weighted by Gasteiger charge is -2.14. The van der Waals surface area contributed by atoms with Crippen molar-refractivity contribution in [3.05, 3.63) is 23.9 Å². The number of nitrogens with one attached hydrogen (secondary N) is 1. The highest BCUT2D eigenvalue weighted by Crippen LogP contribution is 2.30. The van der Waals surface area contributed by atoms with Gasteiger partial charge in [0.25, 0.3) is 0 Å². The summed E-state index contributed by atoms with van der Waals surface area (Å²) in [5.41, 5.74) is 2.71. The number of fused-ring (bicyclic) bond motifs is 1. The summed E-state index contributed by atoms with van der Waals surface area (Å²) in [7, 11) is 1.56. The van der Waals surface area contributed by atoms with E-state index in [1.807, 2.05) is 13.0 Å². The minimum Gasteiger partial charge on any atom is -0.481 e. The van der Waals surface area contributed by atoms with E-state index >= 15 is 0 Å². The number of pyridine rings is 2. The number of methoxy groups -OCH3 is 1. The Labute approximate surface area is 146 Å². The molecule has 0 bridgehead atoms. The second-order valence-electron chi connectivity index (χ2n) is 6.00. The molecule has 7 nitrogen and oxygen atoms in total. The van der Waals surface area contributed by atoms with Crippen molar-refractivity contribution >= 4 is 22.8 Å². The van der Waals surface area contributed by atoms with Crippen LogP contribution in [0.15, 0.2) is 18.3 Å². The standard InChI is InChI=1S/C18H23N3O4/c1-3-4-9-24-18(22)20-15-10-19-14-7-8-16(23-2)21-17(14)13(15)11-25-12-5-6-12/h7-8,10,12H,3-6,9,11H2,1-2H3,(H,20,22). The lowest BCUT2D eigenvalue weighted by atomic mass is 10.1. The van der Waals surface area contributed by atoms with E-state index in [9.17, 15) is 4.79 Å². The fourth-order valence-corrected chi connectivity index (χ4v) is 2.36. The van der Waals surface area contributed by atoms with Crippen molar-refractivity contribution in [2.75, 3.05) is 19.0 Å². The molecule has 0 spiro atoms. The van der Waals surface area contributed by atoms with Gasteiger partial charge in [-0.3, -0.25) is 10.3 Å². The van der Waals surface area contributed by atoms with Crippen molar-refractivity contribution in [3.63, 3.8) is 0 Å². The molecule has 1 aliphatic carbocycles. The molecule has 2 aromatic heterocycles.